The molecule has 1 N–H and O–H groups in total. The summed E-state index contributed by atoms with van der Waals surface area (Å²) in [6.45, 7) is 2.96. The monoisotopic (exact) mass is 199 g/mol. The second-order valence-electron chi connectivity index (χ2n) is 3.97. The van der Waals surface area contributed by atoms with E-state index in [1.165, 1.54) is 10.8 Å². The van der Waals surface area contributed by atoms with E-state index in [-0.39, 0.29) is 6.10 Å². The Kier molecular flexibility index (Phi) is 1.81. The fourth-order valence-electron chi connectivity index (χ4n) is 2.01. The highest BCUT2D eigenvalue weighted by Crippen LogP contribution is 2.36. The fraction of sp³-hybridized carbons (Fsp3) is 0.231. The Labute approximate surface area is 88.9 Å². The van der Waals surface area contributed by atoms with Crippen LogP contribution in [0.5, 0.6) is 5.75 Å². The highest BCUT2D eigenvalue weighted by atomic mass is 16.5. The third kappa shape index (κ3) is 1.33. The van der Waals surface area contributed by atoms with E-state index >= 15 is 0 Å². The van der Waals surface area contributed by atoms with Crippen molar-refractivity contribution in [2.24, 2.45) is 0 Å². The van der Waals surface area contributed by atoms with Gasteiger partial charge in [-0.25, -0.2) is 0 Å². The molecule has 15 heavy (non-hydrogen) atoms. The molecule has 0 saturated carbocycles. The van der Waals surface area contributed by atoms with Gasteiger partial charge in [-0.15, -0.1) is 0 Å². The van der Waals surface area contributed by atoms with Gasteiger partial charge in [0.15, 0.2) is 5.75 Å². The molecule has 0 spiro atoms. The van der Waals surface area contributed by atoms with Gasteiger partial charge in [0.2, 0.25) is 0 Å². The molecule has 0 aromatic heterocycles. The number of hydrogen-bond donors (Lipinski definition) is 1. The summed E-state index contributed by atoms with van der Waals surface area (Å²) in [6, 6.07) is 12.5. The van der Waals surface area contributed by atoms with Gasteiger partial charge in [0.05, 0.1) is 12.2 Å². The van der Waals surface area contributed by atoms with Crippen LogP contribution < -0.4 is 10.1 Å². The molecule has 1 heterocycles. The molecule has 3 rings (SSSR count). The minimum atomic E-state index is 0.239. The Morgan fingerprint density at radius 1 is 1.20 bits per heavy atom. The lowest BCUT2D eigenvalue weighted by Gasteiger charge is -2.25. The lowest BCUT2D eigenvalue weighted by Crippen LogP contribution is -2.27. The van der Waals surface area contributed by atoms with Gasteiger partial charge in [-0.1, -0.05) is 30.3 Å². The summed E-state index contributed by atoms with van der Waals surface area (Å²) in [6.07, 6.45) is 0.239. The first kappa shape index (κ1) is 8.60. The highest BCUT2D eigenvalue weighted by Gasteiger charge is 2.17. The van der Waals surface area contributed by atoms with E-state index in [2.05, 4.69) is 42.6 Å². The Hall–Kier alpha value is -1.70. The van der Waals surface area contributed by atoms with Crippen LogP contribution in [0.25, 0.3) is 10.8 Å². The van der Waals surface area contributed by atoms with Crippen LogP contribution in [0.4, 0.5) is 5.69 Å². The van der Waals surface area contributed by atoms with Gasteiger partial charge >= 0.3 is 0 Å². The number of nitrogens with one attached hydrogen (secondary N) is 1. The molecule has 1 aliphatic heterocycles. The predicted octanol–water partition coefficient (Wildman–Crippen LogP) is 3.03. The number of fused-ring (bicyclic) bond motifs is 3. The third-order valence-electron chi connectivity index (χ3n) is 2.78. The van der Waals surface area contributed by atoms with Crippen LogP contribution in [0, 0.1) is 0 Å². The zero-order valence-corrected chi connectivity index (χ0v) is 8.66. The van der Waals surface area contributed by atoms with Gasteiger partial charge in [0, 0.05) is 5.39 Å². The SMILES string of the molecule is CC1CNc2ccc3ccccc3c2O1. The van der Waals surface area contributed by atoms with E-state index in [4.69, 9.17) is 4.74 Å². The zero-order chi connectivity index (χ0) is 10.3. The van der Waals surface area contributed by atoms with E-state index in [0.29, 0.717) is 0 Å². The van der Waals surface area contributed by atoms with E-state index in [0.717, 1.165) is 18.0 Å². The van der Waals surface area contributed by atoms with E-state index in [1.807, 2.05) is 6.07 Å². The van der Waals surface area contributed by atoms with Crippen molar-refractivity contribution < 1.29 is 4.74 Å². The number of benzene rings is 2. The van der Waals surface area contributed by atoms with Crippen LogP contribution in [0.1, 0.15) is 6.92 Å². The van der Waals surface area contributed by atoms with Crippen molar-refractivity contribution in [3.63, 3.8) is 0 Å². The molecule has 1 aliphatic rings. The smallest absolute Gasteiger partial charge is 0.150 e. The number of anilines is 1. The first-order valence-electron chi connectivity index (χ1n) is 5.27. The summed E-state index contributed by atoms with van der Waals surface area (Å²) in [5, 5.41) is 5.80. The second-order valence-corrected chi connectivity index (χ2v) is 3.97. The van der Waals surface area contributed by atoms with Gasteiger partial charge < -0.3 is 10.1 Å². The molecule has 2 aromatic rings. The molecule has 2 heteroatoms. The lowest BCUT2D eigenvalue weighted by molar-refractivity contribution is 0.229. The molecule has 0 amide bonds. The quantitative estimate of drug-likeness (QED) is 0.704. The van der Waals surface area contributed by atoms with Crippen molar-refractivity contribution in [3.05, 3.63) is 36.4 Å². The van der Waals surface area contributed by atoms with Crippen LogP contribution >= 0.6 is 0 Å². The lowest BCUT2D eigenvalue weighted by atomic mass is 10.1. The van der Waals surface area contributed by atoms with Crippen LogP contribution in [-0.4, -0.2) is 12.6 Å². The minimum absolute atomic E-state index is 0.239. The zero-order valence-electron chi connectivity index (χ0n) is 8.66. The van der Waals surface area contributed by atoms with E-state index in [9.17, 15) is 0 Å². The minimum Gasteiger partial charge on any atom is -0.486 e. The third-order valence-corrected chi connectivity index (χ3v) is 2.78. The molecular weight excluding hydrogens is 186 g/mol. The first-order valence-corrected chi connectivity index (χ1v) is 5.27. The molecule has 0 radical (unpaired) electrons. The molecule has 1 atom stereocenters. The van der Waals surface area contributed by atoms with Crippen molar-refractivity contribution in [2.45, 2.75) is 13.0 Å². The van der Waals surface area contributed by atoms with E-state index < -0.39 is 0 Å². The molecule has 2 aromatic carbocycles. The van der Waals surface area contributed by atoms with Crippen LogP contribution in [0.2, 0.25) is 0 Å². The fourth-order valence-corrected chi connectivity index (χ4v) is 2.01. The van der Waals surface area contributed by atoms with Crippen LogP contribution in [-0.2, 0) is 0 Å². The van der Waals surface area contributed by atoms with Gasteiger partial charge in [0.25, 0.3) is 0 Å². The van der Waals surface area contributed by atoms with Gasteiger partial charge in [0.1, 0.15) is 6.10 Å². The molecule has 0 fully saturated rings. The van der Waals surface area contributed by atoms with Crippen molar-refractivity contribution in [3.8, 4) is 5.75 Å². The highest BCUT2D eigenvalue weighted by molar-refractivity contribution is 5.93. The molecule has 0 bridgehead atoms. The molecule has 1 unspecified atom stereocenters. The molecule has 2 nitrogen and oxygen atoms in total. The molecular formula is C13H13NO. The normalized spacial score (nSPS) is 19.1. The van der Waals surface area contributed by atoms with Crippen LogP contribution in [0.15, 0.2) is 36.4 Å². The largest absolute Gasteiger partial charge is 0.486 e. The molecule has 0 aliphatic carbocycles. The summed E-state index contributed by atoms with van der Waals surface area (Å²) in [7, 11) is 0. The van der Waals surface area contributed by atoms with Crippen LogP contribution in [0.3, 0.4) is 0 Å². The Balaban J connectivity index is 2.28. The van der Waals surface area contributed by atoms with Crippen molar-refractivity contribution in [1.82, 2.24) is 0 Å². The van der Waals surface area contributed by atoms with Gasteiger partial charge in [-0.2, -0.15) is 0 Å². The van der Waals surface area contributed by atoms with Gasteiger partial charge in [-0.05, 0) is 18.4 Å². The average molecular weight is 199 g/mol. The summed E-state index contributed by atoms with van der Waals surface area (Å²) in [5.41, 5.74) is 1.10. The Bertz CT molecular complexity index is 507. The van der Waals surface area contributed by atoms with Crippen molar-refractivity contribution >= 4 is 16.5 Å². The van der Waals surface area contributed by atoms with Gasteiger partial charge in [-0.3, -0.25) is 0 Å². The summed E-state index contributed by atoms with van der Waals surface area (Å²) < 4.78 is 5.88. The topological polar surface area (TPSA) is 21.3 Å². The van der Waals surface area contributed by atoms with E-state index in [1.54, 1.807) is 0 Å². The Morgan fingerprint density at radius 3 is 3.00 bits per heavy atom. The summed E-state index contributed by atoms with van der Waals surface area (Å²) in [5.74, 6) is 0.992. The number of ether oxygens (including phenoxy) is 1. The molecule has 0 saturated heterocycles. The number of hydrogen-bond acceptors (Lipinski definition) is 2. The van der Waals surface area contributed by atoms with Crippen molar-refractivity contribution in [1.29, 1.82) is 0 Å². The predicted molar refractivity (Wildman–Crippen MR) is 62.5 cm³/mol. The second kappa shape index (κ2) is 3.16. The molecule has 76 valence electrons. The maximum absolute atomic E-state index is 5.88. The first-order chi connectivity index (χ1) is 7.34. The summed E-state index contributed by atoms with van der Waals surface area (Å²) in [4.78, 5) is 0. The van der Waals surface area contributed by atoms with Crippen molar-refractivity contribution in [2.75, 3.05) is 11.9 Å². The average Bonchev–Trinajstić information content (AvgIpc) is 2.29. The summed E-state index contributed by atoms with van der Waals surface area (Å²) >= 11 is 0. The standard InChI is InChI=1S/C13H13NO/c1-9-8-14-12-7-6-10-4-2-3-5-11(10)13(12)15-9/h2-7,9,14H,8H2,1H3. The maximum atomic E-state index is 5.88. The Morgan fingerprint density at radius 2 is 2.07 bits per heavy atom. The maximum Gasteiger partial charge on any atom is 0.150 e. The number of rotatable bonds is 0.